The van der Waals surface area contributed by atoms with Crippen molar-refractivity contribution in [3.05, 3.63) is 0 Å². The average molecular weight is 141 g/mol. The van der Waals surface area contributed by atoms with Crippen molar-refractivity contribution in [3.8, 4) is 0 Å². The molecule has 2 nitrogen and oxygen atoms in total. The third-order valence-electron chi connectivity index (χ3n) is 2.06. The van der Waals surface area contributed by atoms with Gasteiger partial charge < -0.3 is 5.32 Å². The van der Waals surface area contributed by atoms with E-state index in [9.17, 15) is 0 Å². The van der Waals surface area contributed by atoms with Gasteiger partial charge in [0.2, 0.25) is 0 Å². The maximum atomic E-state index is 4.32. The van der Waals surface area contributed by atoms with E-state index >= 15 is 0 Å². The van der Waals surface area contributed by atoms with Crippen LogP contribution in [0.2, 0.25) is 0 Å². The van der Waals surface area contributed by atoms with E-state index in [-0.39, 0.29) is 0 Å². The summed E-state index contributed by atoms with van der Waals surface area (Å²) in [5.74, 6) is 0.888. The van der Waals surface area contributed by atoms with E-state index in [0.29, 0.717) is 0 Å². The second-order valence-corrected chi connectivity index (χ2v) is 2.93. The maximum absolute atomic E-state index is 4.32. The van der Waals surface area contributed by atoms with Crippen molar-refractivity contribution in [2.24, 2.45) is 5.92 Å². The number of hydrogen-bond acceptors (Lipinski definition) is 1. The highest BCUT2D eigenvalue weighted by molar-refractivity contribution is 4.70. The van der Waals surface area contributed by atoms with Crippen LogP contribution in [-0.4, -0.2) is 26.2 Å². The van der Waals surface area contributed by atoms with Crippen LogP contribution in [0.1, 0.15) is 19.8 Å². The van der Waals surface area contributed by atoms with Crippen molar-refractivity contribution >= 4 is 0 Å². The van der Waals surface area contributed by atoms with Gasteiger partial charge in [-0.2, -0.15) is 0 Å². The molecule has 1 aliphatic heterocycles. The minimum atomic E-state index is 0.888. The molecule has 0 aromatic carbocycles. The Morgan fingerprint density at radius 2 is 2.50 bits per heavy atom. The molecular formula is C8H17N2. The molecule has 0 amide bonds. The van der Waals surface area contributed by atoms with E-state index in [0.717, 1.165) is 25.6 Å². The lowest BCUT2D eigenvalue weighted by Crippen LogP contribution is -2.17. The Labute approximate surface area is 63.4 Å². The molecule has 1 radical (unpaired) electrons. The second kappa shape index (κ2) is 4.69. The first-order valence-electron chi connectivity index (χ1n) is 4.27. The molecule has 1 fully saturated rings. The standard InChI is InChI=1S/C8H17N2/c1-2-9-5-3-8-4-6-10-7-8/h8-9H,2-7H2,1H3. The van der Waals surface area contributed by atoms with Crippen LogP contribution in [0.5, 0.6) is 0 Å². The highest BCUT2D eigenvalue weighted by Crippen LogP contribution is 2.11. The zero-order chi connectivity index (χ0) is 7.23. The maximum Gasteiger partial charge on any atom is 0.0162 e. The Balaban J connectivity index is 1.91. The van der Waals surface area contributed by atoms with Crippen molar-refractivity contribution in [2.45, 2.75) is 19.8 Å². The number of nitrogens with one attached hydrogen (secondary N) is 1. The summed E-state index contributed by atoms with van der Waals surface area (Å²) in [6.45, 7) is 6.65. The lowest BCUT2D eigenvalue weighted by Gasteiger charge is -2.06. The zero-order valence-electron chi connectivity index (χ0n) is 6.77. The molecule has 0 aromatic rings. The summed E-state index contributed by atoms with van der Waals surface area (Å²) in [5.41, 5.74) is 0. The van der Waals surface area contributed by atoms with Gasteiger partial charge in [-0.1, -0.05) is 6.92 Å². The van der Waals surface area contributed by atoms with Gasteiger partial charge in [0.1, 0.15) is 0 Å². The van der Waals surface area contributed by atoms with Gasteiger partial charge in [0.25, 0.3) is 0 Å². The first-order valence-corrected chi connectivity index (χ1v) is 4.27. The molecule has 0 bridgehead atoms. The van der Waals surface area contributed by atoms with Crippen LogP contribution in [0.15, 0.2) is 0 Å². The van der Waals surface area contributed by atoms with Gasteiger partial charge >= 0.3 is 0 Å². The highest BCUT2D eigenvalue weighted by atomic mass is 14.9. The van der Waals surface area contributed by atoms with E-state index in [2.05, 4.69) is 17.6 Å². The first-order chi connectivity index (χ1) is 4.93. The van der Waals surface area contributed by atoms with Gasteiger partial charge in [-0.15, -0.1) is 0 Å². The van der Waals surface area contributed by atoms with Crippen LogP contribution in [0.25, 0.3) is 0 Å². The number of rotatable bonds is 4. The zero-order valence-corrected chi connectivity index (χ0v) is 6.77. The van der Waals surface area contributed by atoms with E-state index in [4.69, 9.17) is 0 Å². The molecule has 1 N–H and O–H groups in total. The second-order valence-electron chi connectivity index (χ2n) is 2.93. The summed E-state index contributed by atoms with van der Waals surface area (Å²) < 4.78 is 0. The lowest BCUT2D eigenvalue weighted by atomic mass is 10.1. The topological polar surface area (TPSA) is 26.1 Å². The molecule has 1 rings (SSSR count). The molecule has 1 unspecified atom stereocenters. The predicted molar refractivity (Wildman–Crippen MR) is 43.1 cm³/mol. The molecule has 0 spiro atoms. The molecule has 0 aromatic heterocycles. The first kappa shape index (κ1) is 8.02. The molecule has 0 aliphatic carbocycles. The fourth-order valence-corrected chi connectivity index (χ4v) is 1.36. The van der Waals surface area contributed by atoms with Gasteiger partial charge in [0.05, 0.1) is 0 Å². The molecule has 0 saturated carbocycles. The molecule has 10 heavy (non-hydrogen) atoms. The molecular weight excluding hydrogens is 124 g/mol. The van der Waals surface area contributed by atoms with Gasteiger partial charge in [0, 0.05) is 13.1 Å². The Morgan fingerprint density at radius 3 is 3.10 bits per heavy atom. The average Bonchev–Trinajstić information content (AvgIpc) is 2.41. The normalized spacial score (nSPS) is 25.5. The summed E-state index contributed by atoms with van der Waals surface area (Å²) >= 11 is 0. The summed E-state index contributed by atoms with van der Waals surface area (Å²) in [4.78, 5) is 0. The predicted octanol–water partition coefficient (Wildman–Crippen LogP) is 0.610. The molecule has 1 heterocycles. The Morgan fingerprint density at radius 1 is 1.60 bits per heavy atom. The molecule has 2 heteroatoms. The number of hydrogen-bond donors (Lipinski definition) is 1. The summed E-state index contributed by atoms with van der Waals surface area (Å²) in [6.07, 6.45) is 2.64. The Kier molecular flexibility index (Phi) is 3.76. The Hall–Kier alpha value is -0.0800. The quantitative estimate of drug-likeness (QED) is 0.570. The summed E-state index contributed by atoms with van der Waals surface area (Å²) in [7, 11) is 0. The monoisotopic (exact) mass is 141 g/mol. The van der Waals surface area contributed by atoms with Gasteiger partial charge in [0.15, 0.2) is 0 Å². The summed E-state index contributed by atoms with van der Waals surface area (Å²) in [5, 5.41) is 7.65. The van der Waals surface area contributed by atoms with Crippen LogP contribution in [0.3, 0.4) is 0 Å². The van der Waals surface area contributed by atoms with Gasteiger partial charge in [-0.25, -0.2) is 5.32 Å². The van der Waals surface area contributed by atoms with Crippen LogP contribution in [0.4, 0.5) is 0 Å². The highest BCUT2D eigenvalue weighted by Gasteiger charge is 2.13. The van der Waals surface area contributed by atoms with E-state index in [1.165, 1.54) is 19.4 Å². The van der Waals surface area contributed by atoms with Crippen molar-refractivity contribution in [2.75, 3.05) is 26.2 Å². The van der Waals surface area contributed by atoms with E-state index in [1.54, 1.807) is 0 Å². The molecule has 1 atom stereocenters. The van der Waals surface area contributed by atoms with Crippen LogP contribution in [-0.2, 0) is 0 Å². The largest absolute Gasteiger partial charge is 0.317 e. The summed E-state index contributed by atoms with van der Waals surface area (Å²) in [6, 6.07) is 0. The van der Waals surface area contributed by atoms with Gasteiger partial charge in [-0.3, -0.25) is 0 Å². The van der Waals surface area contributed by atoms with Gasteiger partial charge in [-0.05, 0) is 31.8 Å². The van der Waals surface area contributed by atoms with Crippen molar-refractivity contribution in [1.29, 1.82) is 0 Å². The van der Waals surface area contributed by atoms with Crippen molar-refractivity contribution < 1.29 is 0 Å². The van der Waals surface area contributed by atoms with Crippen molar-refractivity contribution in [3.63, 3.8) is 0 Å². The fraction of sp³-hybridized carbons (Fsp3) is 1.00. The van der Waals surface area contributed by atoms with Crippen molar-refractivity contribution in [1.82, 2.24) is 10.6 Å². The minimum absolute atomic E-state index is 0.888. The minimum Gasteiger partial charge on any atom is -0.317 e. The van der Waals surface area contributed by atoms with Crippen LogP contribution < -0.4 is 10.6 Å². The third-order valence-corrected chi connectivity index (χ3v) is 2.06. The van der Waals surface area contributed by atoms with E-state index < -0.39 is 0 Å². The SMILES string of the molecule is CCNCCC1CC[N]C1. The number of nitrogens with zero attached hydrogens (tertiary/aromatic N) is 1. The van der Waals surface area contributed by atoms with E-state index in [1.807, 2.05) is 0 Å². The fourth-order valence-electron chi connectivity index (χ4n) is 1.36. The lowest BCUT2D eigenvalue weighted by molar-refractivity contribution is 0.505. The van der Waals surface area contributed by atoms with Crippen LogP contribution >= 0.6 is 0 Å². The smallest absolute Gasteiger partial charge is 0.0162 e. The Bertz CT molecular complexity index is 77.3. The molecule has 59 valence electrons. The molecule has 1 saturated heterocycles. The van der Waals surface area contributed by atoms with Crippen LogP contribution in [0, 0.1) is 5.92 Å². The molecule has 1 aliphatic rings. The third kappa shape index (κ3) is 2.67.